The Morgan fingerprint density at radius 1 is 1.55 bits per heavy atom. The summed E-state index contributed by atoms with van der Waals surface area (Å²) >= 11 is 1.16. The van der Waals surface area contributed by atoms with Crippen LogP contribution < -0.4 is 4.74 Å². The fraction of sp³-hybridized carbons (Fsp3) is 0.571. The summed E-state index contributed by atoms with van der Waals surface area (Å²) in [7, 11) is 0. The summed E-state index contributed by atoms with van der Waals surface area (Å²) in [4.78, 5) is 4.00. The van der Waals surface area contributed by atoms with Crippen LogP contribution in [0.1, 0.15) is 19.5 Å². The summed E-state index contributed by atoms with van der Waals surface area (Å²) in [6, 6.07) is 0. The first-order valence-electron chi connectivity index (χ1n) is 3.42. The molecule has 11 heavy (non-hydrogen) atoms. The van der Waals surface area contributed by atoms with Crippen LogP contribution in [-0.4, -0.2) is 16.2 Å². The molecule has 0 unspecified atom stereocenters. The summed E-state index contributed by atoms with van der Waals surface area (Å²) in [5.74, 6) is 0. The second-order valence-corrected chi connectivity index (χ2v) is 3.48. The first-order valence-corrected chi connectivity index (χ1v) is 4.24. The van der Waals surface area contributed by atoms with Gasteiger partial charge in [0.1, 0.15) is 0 Å². The van der Waals surface area contributed by atoms with Gasteiger partial charge in [0, 0.05) is 0 Å². The zero-order valence-electron chi connectivity index (χ0n) is 6.79. The van der Waals surface area contributed by atoms with Crippen LogP contribution in [0.2, 0.25) is 0 Å². The van der Waals surface area contributed by atoms with Crippen molar-refractivity contribution < 1.29 is 9.84 Å². The van der Waals surface area contributed by atoms with Gasteiger partial charge in [-0.2, -0.15) is 0 Å². The Morgan fingerprint density at radius 3 is 2.55 bits per heavy atom. The number of aryl methyl sites for hydroxylation is 1. The lowest BCUT2D eigenvalue weighted by Gasteiger charge is -2.03. The molecule has 0 radical (unpaired) electrons. The van der Waals surface area contributed by atoms with Crippen molar-refractivity contribution in [3.05, 3.63) is 5.69 Å². The van der Waals surface area contributed by atoms with Gasteiger partial charge in [0.05, 0.1) is 11.8 Å². The Balaban J connectivity index is 2.73. The van der Waals surface area contributed by atoms with E-state index in [2.05, 4.69) is 4.98 Å². The third kappa shape index (κ3) is 2.08. The third-order valence-electron chi connectivity index (χ3n) is 1.09. The average Bonchev–Trinajstić information content (AvgIpc) is 2.10. The van der Waals surface area contributed by atoms with E-state index < -0.39 is 0 Å². The lowest BCUT2D eigenvalue weighted by Crippen LogP contribution is -2.04. The second-order valence-electron chi connectivity index (χ2n) is 2.54. The van der Waals surface area contributed by atoms with Gasteiger partial charge in [-0.15, -0.1) is 0 Å². The number of hydrogen-bond donors (Lipinski definition) is 1. The zero-order chi connectivity index (χ0) is 8.43. The number of ether oxygens (including phenoxy) is 1. The Morgan fingerprint density at radius 2 is 2.18 bits per heavy atom. The predicted molar refractivity (Wildman–Crippen MR) is 44.3 cm³/mol. The van der Waals surface area contributed by atoms with Crippen molar-refractivity contribution >= 4 is 11.3 Å². The van der Waals surface area contributed by atoms with Gasteiger partial charge in [-0.05, 0) is 32.1 Å². The maximum atomic E-state index is 9.13. The molecule has 62 valence electrons. The number of nitrogens with zero attached hydrogens (tertiary/aromatic N) is 1. The highest BCUT2D eigenvalue weighted by atomic mass is 32.1. The average molecular weight is 173 g/mol. The minimum atomic E-state index is 0.111. The fourth-order valence-electron chi connectivity index (χ4n) is 0.616. The molecule has 0 aliphatic heterocycles. The molecule has 1 aromatic heterocycles. The van der Waals surface area contributed by atoms with E-state index in [1.807, 2.05) is 13.8 Å². The van der Waals surface area contributed by atoms with Crippen LogP contribution in [0.25, 0.3) is 0 Å². The molecule has 0 atom stereocenters. The van der Waals surface area contributed by atoms with Crippen LogP contribution in [-0.2, 0) is 0 Å². The highest BCUT2D eigenvalue weighted by Crippen LogP contribution is 2.30. The van der Waals surface area contributed by atoms with Crippen molar-refractivity contribution in [3.63, 3.8) is 0 Å². The molecule has 3 nitrogen and oxygen atoms in total. The zero-order valence-corrected chi connectivity index (χ0v) is 7.60. The largest absolute Gasteiger partial charge is 0.498 e. The van der Waals surface area contributed by atoms with E-state index in [0.717, 1.165) is 11.3 Å². The van der Waals surface area contributed by atoms with Gasteiger partial charge in [-0.3, -0.25) is 0 Å². The van der Waals surface area contributed by atoms with Gasteiger partial charge in [-0.1, -0.05) is 0 Å². The van der Waals surface area contributed by atoms with Gasteiger partial charge in [0.15, 0.2) is 5.06 Å². The van der Waals surface area contributed by atoms with Crippen molar-refractivity contribution in [2.24, 2.45) is 0 Å². The number of thiazole rings is 1. The van der Waals surface area contributed by atoms with E-state index in [-0.39, 0.29) is 11.2 Å². The topological polar surface area (TPSA) is 42.4 Å². The van der Waals surface area contributed by atoms with E-state index in [1.54, 1.807) is 6.92 Å². The minimum Gasteiger partial charge on any atom is -0.498 e. The molecule has 1 aromatic rings. The van der Waals surface area contributed by atoms with Crippen molar-refractivity contribution in [1.82, 2.24) is 4.98 Å². The van der Waals surface area contributed by atoms with Crippen LogP contribution in [0.3, 0.4) is 0 Å². The first kappa shape index (κ1) is 8.33. The smallest absolute Gasteiger partial charge is 0.277 e. The van der Waals surface area contributed by atoms with E-state index in [1.165, 1.54) is 0 Å². The third-order valence-corrected chi connectivity index (χ3v) is 1.94. The SMILES string of the molecule is Cc1nc(OC(C)C)sc1O. The van der Waals surface area contributed by atoms with Crippen LogP contribution >= 0.6 is 11.3 Å². The maximum Gasteiger partial charge on any atom is 0.277 e. The Hall–Kier alpha value is -0.770. The molecule has 0 aliphatic carbocycles. The summed E-state index contributed by atoms with van der Waals surface area (Å²) in [5, 5.41) is 9.90. The molecule has 0 saturated carbocycles. The van der Waals surface area contributed by atoms with E-state index >= 15 is 0 Å². The Labute approximate surface area is 69.7 Å². The van der Waals surface area contributed by atoms with Gasteiger partial charge in [0.25, 0.3) is 5.19 Å². The number of aromatic hydroxyl groups is 1. The molecule has 0 aromatic carbocycles. The summed E-state index contributed by atoms with van der Waals surface area (Å²) in [6.07, 6.45) is 0.111. The lowest BCUT2D eigenvalue weighted by atomic mass is 10.5. The molecule has 0 fully saturated rings. The molecule has 0 bridgehead atoms. The molecule has 0 amide bonds. The maximum absolute atomic E-state index is 9.13. The van der Waals surface area contributed by atoms with Crippen molar-refractivity contribution in [2.45, 2.75) is 26.9 Å². The van der Waals surface area contributed by atoms with Crippen LogP contribution in [0.15, 0.2) is 0 Å². The summed E-state index contributed by atoms with van der Waals surface area (Å²) in [6.45, 7) is 5.60. The highest BCUT2D eigenvalue weighted by molar-refractivity contribution is 7.15. The van der Waals surface area contributed by atoms with Gasteiger partial charge < -0.3 is 9.84 Å². The summed E-state index contributed by atoms with van der Waals surface area (Å²) < 4.78 is 5.26. The number of hydrogen-bond acceptors (Lipinski definition) is 4. The number of rotatable bonds is 2. The fourth-order valence-corrected chi connectivity index (χ4v) is 1.40. The van der Waals surface area contributed by atoms with Gasteiger partial charge in [-0.25, -0.2) is 4.98 Å². The van der Waals surface area contributed by atoms with Crippen molar-refractivity contribution in [3.8, 4) is 10.3 Å². The molecule has 0 saturated heterocycles. The second kappa shape index (κ2) is 3.09. The van der Waals surface area contributed by atoms with E-state index in [4.69, 9.17) is 9.84 Å². The standard InChI is InChI=1S/C7H11NO2S/c1-4(2)10-7-8-5(3)6(9)11-7/h4,9H,1-3H3. The Bertz CT molecular complexity index is 225. The molecule has 0 aliphatic rings. The molecule has 1 rings (SSSR count). The normalized spacial score (nSPS) is 10.5. The van der Waals surface area contributed by atoms with Gasteiger partial charge in [0.2, 0.25) is 0 Å². The first-order chi connectivity index (χ1) is 5.09. The number of aromatic nitrogens is 1. The van der Waals surface area contributed by atoms with Gasteiger partial charge >= 0.3 is 0 Å². The van der Waals surface area contributed by atoms with Crippen molar-refractivity contribution in [1.29, 1.82) is 0 Å². The molecule has 1 heterocycles. The minimum absolute atomic E-state index is 0.111. The Kier molecular flexibility index (Phi) is 2.34. The molecular weight excluding hydrogens is 162 g/mol. The quantitative estimate of drug-likeness (QED) is 0.743. The van der Waals surface area contributed by atoms with Crippen LogP contribution in [0.4, 0.5) is 0 Å². The molecule has 4 heteroatoms. The molecule has 1 N–H and O–H groups in total. The lowest BCUT2D eigenvalue weighted by molar-refractivity contribution is 0.241. The molecular formula is C7H11NO2S. The van der Waals surface area contributed by atoms with Crippen LogP contribution in [0, 0.1) is 6.92 Å². The van der Waals surface area contributed by atoms with Crippen LogP contribution in [0.5, 0.6) is 10.3 Å². The highest BCUT2D eigenvalue weighted by Gasteiger charge is 2.07. The summed E-state index contributed by atoms with van der Waals surface area (Å²) in [5.41, 5.74) is 0.630. The predicted octanol–water partition coefficient (Wildman–Crippen LogP) is 1.94. The van der Waals surface area contributed by atoms with E-state index in [0.29, 0.717) is 10.9 Å². The van der Waals surface area contributed by atoms with E-state index in [9.17, 15) is 0 Å². The molecule has 0 spiro atoms. The monoisotopic (exact) mass is 173 g/mol. The van der Waals surface area contributed by atoms with Crippen molar-refractivity contribution in [2.75, 3.05) is 0 Å².